The Balaban J connectivity index is 2.14. The maximum Gasteiger partial charge on any atom is 0.287 e. The van der Waals surface area contributed by atoms with E-state index in [0.717, 1.165) is 5.56 Å². The molecule has 1 atom stereocenters. The molecule has 0 saturated carbocycles. The van der Waals surface area contributed by atoms with Gasteiger partial charge in [0.15, 0.2) is 6.04 Å². The number of nitrogens with two attached hydrogens (primary N) is 1. The average Bonchev–Trinajstić information content (AvgIpc) is 2.56. The topological polar surface area (TPSA) is 75.2 Å². The molecular weight excluding hydrogens is 280 g/mol. The molecule has 0 aliphatic heterocycles. The fraction of sp³-hybridized carbons (Fsp3) is 0.235. The normalized spacial score (nSPS) is 11.7. The van der Waals surface area contributed by atoms with Crippen LogP contribution in [0.1, 0.15) is 11.6 Å². The van der Waals surface area contributed by atoms with Crippen molar-refractivity contribution >= 4 is 11.6 Å². The van der Waals surface area contributed by atoms with Gasteiger partial charge in [0.25, 0.3) is 5.91 Å². The highest BCUT2D eigenvalue weighted by Crippen LogP contribution is 2.18. The minimum Gasteiger partial charge on any atom is -0.497 e. The quantitative estimate of drug-likeness (QED) is 0.712. The van der Waals surface area contributed by atoms with Gasteiger partial charge < -0.3 is 20.5 Å². The first kappa shape index (κ1) is 16.0. The Bertz CT molecular complexity index is 602. The van der Waals surface area contributed by atoms with Crippen LogP contribution in [0.15, 0.2) is 54.6 Å². The second-order valence-electron chi connectivity index (χ2n) is 4.86. The number of hydrogen-bond acceptors (Lipinski definition) is 3. The number of carbonyl (C=O) groups is 1. The Morgan fingerprint density at radius 2 is 2.00 bits per heavy atom. The number of aliphatic hydroxyl groups excluding tert-OH is 1. The summed E-state index contributed by atoms with van der Waals surface area (Å²) >= 11 is 0. The fourth-order valence-corrected chi connectivity index (χ4v) is 2.22. The number of quaternary nitrogens is 1. The van der Waals surface area contributed by atoms with Crippen molar-refractivity contribution in [1.82, 2.24) is 0 Å². The van der Waals surface area contributed by atoms with Crippen LogP contribution in [0.3, 0.4) is 0 Å². The van der Waals surface area contributed by atoms with Crippen LogP contribution in [0, 0.1) is 0 Å². The molecule has 5 heteroatoms. The monoisotopic (exact) mass is 301 g/mol. The van der Waals surface area contributed by atoms with Gasteiger partial charge in [-0.3, -0.25) is 4.79 Å². The van der Waals surface area contributed by atoms with Crippen LogP contribution >= 0.6 is 0 Å². The Morgan fingerprint density at radius 3 is 2.68 bits per heavy atom. The largest absolute Gasteiger partial charge is 0.497 e. The summed E-state index contributed by atoms with van der Waals surface area (Å²) in [5.74, 6) is 0.557. The van der Waals surface area contributed by atoms with E-state index in [1.54, 1.807) is 13.2 Å². The zero-order valence-corrected chi connectivity index (χ0v) is 12.5. The van der Waals surface area contributed by atoms with Crippen LogP contribution in [-0.2, 0) is 4.79 Å². The third kappa shape index (κ3) is 4.31. The van der Waals surface area contributed by atoms with Gasteiger partial charge in [0, 0.05) is 17.3 Å². The molecule has 0 saturated heterocycles. The number of carbonyl (C=O) groups excluding carboxylic acids is 1. The lowest BCUT2D eigenvalue weighted by Gasteiger charge is -2.15. The third-order valence-electron chi connectivity index (χ3n) is 3.31. The van der Waals surface area contributed by atoms with E-state index in [2.05, 4.69) is 5.32 Å². The smallest absolute Gasteiger partial charge is 0.287 e. The summed E-state index contributed by atoms with van der Waals surface area (Å²) in [5.41, 5.74) is 1.58. The SMILES string of the molecule is COc1cccc(NC(=O)[C@@H]([NH2+]CCO)c2ccccc2)c1. The summed E-state index contributed by atoms with van der Waals surface area (Å²) in [5, 5.41) is 13.7. The molecule has 0 fully saturated rings. The van der Waals surface area contributed by atoms with Gasteiger partial charge in [-0.2, -0.15) is 0 Å². The summed E-state index contributed by atoms with van der Waals surface area (Å²) < 4.78 is 5.15. The molecule has 0 bridgehead atoms. The lowest BCUT2D eigenvalue weighted by molar-refractivity contribution is -0.683. The molecule has 22 heavy (non-hydrogen) atoms. The number of amides is 1. The summed E-state index contributed by atoms with van der Waals surface area (Å²) in [6.45, 7) is 0.487. The minimum absolute atomic E-state index is 0.0236. The number of methoxy groups -OCH3 is 1. The number of hydrogen-bond donors (Lipinski definition) is 3. The maximum atomic E-state index is 12.6. The minimum atomic E-state index is -0.403. The number of aliphatic hydroxyl groups is 1. The Hall–Kier alpha value is -2.37. The molecule has 0 spiro atoms. The standard InChI is InChI=1S/C17H20N2O3/c1-22-15-9-5-8-14(12-15)19-17(21)16(18-10-11-20)13-6-3-2-4-7-13/h2-9,12,16,18,20H,10-11H2,1H3,(H,19,21)/p+1/t16-/m0/s1. The van der Waals surface area contributed by atoms with E-state index in [9.17, 15) is 4.79 Å². The number of ether oxygens (including phenoxy) is 1. The molecular formula is C17H21N2O3+. The zero-order chi connectivity index (χ0) is 15.8. The summed E-state index contributed by atoms with van der Waals surface area (Å²) in [6.07, 6.45) is 0. The Labute approximate surface area is 129 Å². The molecule has 0 aliphatic carbocycles. The van der Waals surface area contributed by atoms with Crippen LogP contribution in [0.25, 0.3) is 0 Å². The first-order valence-electron chi connectivity index (χ1n) is 7.18. The fourth-order valence-electron chi connectivity index (χ4n) is 2.22. The molecule has 2 rings (SSSR count). The third-order valence-corrected chi connectivity index (χ3v) is 3.31. The maximum absolute atomic E-state index is 12.6. The molecule has 0 heterocycles. The van der Waals surface area contributed by atoms with Crippen molar-refractivity contribution in [3.8, 4) is 5.75 Å². The van der Waals surface area contributed by atoms with E-state index in [1.165, 1.54) is 0 Å². The van der Waals surface area contributed by atoms with E-state index in [0.29, 0.717) is 18.0 Å². The predicted molar refractivity (Wildman–Crippen MR) is 84.7 cm³/mol. The van der Waals surface area contributed by atoms with Crippen molar-refractivity contribution < 1.29 is 20.0 Å². The highest BCUT2D eigenvalue weighted by atomic mass is 16.5. The van der Waals surface area contributed by atoms with Crippen LogP contribution in [0.4, 0.5) is 5.69 Å². The average molecular weight is 301 g/mol. The molecule has 4 N–H and O–H groups in total. The molecule has 0 aliphatic rings. The molecule has 0 radical (unpaired) electrons. The van der Waals surface area contributed by atoms with E-state index in [1.807, 2.05) is 53.8 Å². The highest BCUT2D eigenvalue weighted by molar-refractivity contribution is 5.94. The first-order valence-corrected chi connectivity index (χ1v) is 7.18. The second kappa shape index (κ2) is 8.17. The molecule has 5 nitrogen and oxygen atoms in total. The number of benzene rings is 2. The second-order valence-corrected chi connectivity index (χ2v) is 4.86. The predicted octanol–water partition coefficient (Wildman–Crippen LogP) is 0.931. The number of rotatable bonds is 7. The molecule has 1 amide bonds. The van der Waals surface area contributed by atoms with Crippen molar-refractivity contribution in [2.75, 3.05) is 25.6 Å². The lowest BCUT2D eigenvalue weighted by Crippen LogP contribution is -2.88. The highest BCUT2D eigenvalue weighted by Gasteiger charge is 2.23. The van der Waals surface area contributed by atoms with E-state index in [4.69, 9.17) is 9.84 Å². The summed E-state index contributed by atoms with van der Waals surface area (Å²) in [4.78, 5) is 12.6. The van der Waals surface area contributed by atoms with Crippen LogP contribution in [-0.4, -0.2) is 31.3 Å². The van der Waals surface area contributed by atoms with Gasteiger partial charge in [0.2, 0.25) is 0 Å². The van der Waals surface area contributed by atoms with Gasteiger partial charge in [0.1, 0.15) is 5.75 Å². The Kier molecular flexibility index (Phi) is 5.94. The molecule has 2 aromatic rings. The number of anilines is 1. The molecule has 116 valence electrons. The summed E-state index contributed by atoms with van der Waals surface area (Å²) in [7, 11) is 1.59. The van der Waals surface area contributed by atoms with E-state index >= 15 is 0 Å². The summed E-state index contributed by atoms with van der Waals surface area (Å²) in [6, 6.07) is 16.3. The van der Waals surface area contributed by atoms with Crippen molar-refractivity contribution in [1.29, 1.82) is 0 Å². The van der Waals surface area contributed by atoms with Gasteiger partial charge in [-0.1, -0.05) is 36.4 Å². The molecule has 2 aromatic carbocycles. The van der Waals surface area contributed by atoms with Crippen LogP contribution in [0.2, 0.25) is 0 Å². The van der Waals surface area contributed by atoms with Crippen LogP contribution in [0.5, 0.6) is 5.75 Å². The van der Waals surface area contributed by atoms with Crippen LogP contribution < -0.4 is 15.4 Å². The van der Waals surface area contributed by atoms with Crippen molar-refractivity contribution in [3.63, 3.8) is 0 Å². The number of nitrogens with one attached hydrogen (secondary N) is 1. The van der Waals surface area contributed by atoms with Crippen molar-refractivity contribution in [2.24, 2.45) is 0 Å². The van der Waals surface area contributed by atoms with Gasteiger partial charge in [-0.05, 0) is 12.1 Å². The van der Waals surface area contributed by atoms with Gasteiger partial charge in [0.05, 0.1) is 20.3 Å². The molecule has 0 unspecified atom stereocenters. The lowest BCUT2D eigenvalue weighted by atomic mass is 10.1. The van der Waals surface area contributed by atoms with Gasteiger partial charge >= 0.3 is 0 Å². The van der Waals surface area contributed by atoms with Crippen molar-refractivity contribution in [2.45, 2.75) is 6.04 Å². The zero-order valence-electron chi connectivity index (χ0n) is 12.5. The first-order chi connectivity index (χ1) is 10.7. The van der Waals surface area contributed by atoms with Gasteiger partial charge in [-0.15, -0.1) is 0 Å². The Morgan fingerprint density at radius 1 is 1.23 bits per heavy atom. The van der Waals surface area contributed by atoms with E-state index < -0.39 is 6.04 Å². The van der Waals surface area contributed by atoms with Crippen molar-refractivity contribution in [3.05, 3.63) is 60.2 Å². The van der Waals surface area contributed by atoms with Gasteiger partial charge in [-0.25, -0.2) is 0 Å². The molecule has 0 aromatic heterocycles. The van der Waals surface area contributed by atoms with E-state index in [-0.39, 0.29) is 12.5 Å².